The van der Waals surface area contributed by atoms with Crippen molar-refractivity contribution in [2.45, 2.75) is 0 Å². The van der Waals surface area contributed by atoms with Crippen LogP contribution in [0.2, 0.25) is 0 Å². The third-order valence-corrected chi connectivity index (χ3v) is 1.16. The predicted molar refractivity (Wildman–Crippen MR) is 38.2 cm³/mol. The number of aliphatic imine (C=N–C) groups is 1. The van der Waals surface area contributed by atoms with Crippen LogP contribution in [-0.4, -0.2) is 4.38 Å². The maximum Gasteiger partial charge on any atom is 1.00 e. The molecule has 0 rings (SSSR count). The fourth-order valence-electron chi connectivity index (χ4n) is 0.138. The monoisotopic (exact) mass is 166 g/mol. The normalized spacial score (nSPS) is 9.00. The maximum atomic E-state index is 7.91. The second kappa shape index (κ2) is 8.47. The van der Waals surface area contributed by atoms with Crippen molar-refractivity contribution in [3.8, 4) is 6.19 Å². The van der Waals surface area contributed by atoms with Crippen LogP contribution in [0.15, 0.2) is 17.0 Å². The Morgan fingerprint density at radius 1 is 1.89 bits per heavy atom. The molecule has 0 aliphatic heterocycles. The van der Waals surface area contributed by atoms with E-state index >= 15 is 0 Å². The molecule has 0 unspecified atom stereocenters. The zero-order valence-electron chi connectivity index (χ0n) is 5.00. The molecule has 9 heavy (non-hydrogen) atoms. The molecule has 0 saturated heterocycles. The van der Waals surface area contributed by atoms with Gasteiger partial charge in [0.15, 0.2) is 0 Å². The van der Waals surface area contributed by atoms with E-state index in [1.807, 2.05) is 0 Å². The Balaban J connectivity index is 0. The molecule has 0 atom stereocenters. The number of nitriles is 1. The van der Waals surface area contributed by atoms with Crippen molar-refractivity contribution in [2.75, 3.05) is 0 Å². The molecule has 0 fully saturated rings. The first-order valence-electron chi connectivity index (χ1n) is 1.72. The van der Waals surface area contributed by atoms with Gasteiger partial charge in [-0.3, -0.25) is 0 Å². The number of hydrogen-bond donors (Lipinski definition) is 0. The smallest absolute Gasteiger partial charge is 0.752 e. The summed E-state index contributed by atoms with van der Waals surface area (Å²) in [5.74, 6) is 0. The SMILES string of the molecule is C=CSC([S-])=NC#N.[Na+]. The van der Waals surface area contributed by atoms with Crippen LogP contribution in [-0.2, 0) is 12.6 Å². The Labute approximate surface area is 86.1 Å². The van der Waals surface area contributed by atoms with Gasteiger partial charge in [-0.15, -0.1) is 11.8 Å². The zero-order valence-corrected chi connectivity index (χ0v) is 8.63. The second-order valence-corrected chi connectivity index (χ2v) is 2.36. The first-order chi connectivity index (χ1) is 3.81. The minimum atomic E-state index is 0. The summed E-state index contributed by atoms with van der Waals surface area (Å²) in [7, 11) is 0. The Bertz CT molecular complexity index is 149. The summed E-state index contributed by atoms with van der Waals surface area (Å²) in [6, 6.07) is 0. The summed E-state index contributed by atoms with van der Waals surface area (Å²) < 4.78 is 0.308. The standard InChI is InChI=1S/C4H4N2S2.Na/c1-2-8-4(7)6-3-5;/h2H,1H2,(H,6,7);/q;+1/p-1. The molecule has 0 radical (unpaired) electrons. The quantitative estimate of drug-likeness (QED) is 0.152. The van der Waals surface area contributed by atoms with Gasteiger partial charge in [-0.2, -0.15) is 10.3 Å². The Kier molecular flexibility index (Phi) is 11.5. The third kappa shape index (κ3) is 8.47. The third-order valence-electron chi connectivity index (χ3n) is 0.325. The molecule has 0 aromatic carbocycles. The molecule has 0 amide bonds. The van der Waals surface area contributed by atoms with Crippen LogP contribution in [0.4, 0.5) is 0 Å². The second-order valence-electron chi connectivity index (χ2n) is 0.762. The van der Waals surface area contributed by atoms with Crippen molar-refractivity contribution in [1.82, 2.24) is 0 Å². The number of thioether (sulfide) groups is 1. The molecule has 2 nitrogen and oxygen atoms in total. The van der Waals surface area contributed by atoms with E-state index in [2.05, 4.69) is 24.2 Å². The van der Waals surface area contributed by atoms with Crippen LogP contribution in [0, 0.1) is 11.5 Å². The van der Waals surface area contributed by atoms with E-state index in [4.69, 9.17) is 5.26 Å². The van der Waals surface area contributed by atoms with E-state index in [9.17, 15) is 0 Å². The maximum absolute atomic E-state index is 7.91. The number of nitrogens with zero attached hydrogens (tertiary/aromatic N) is 2. The molecule has 0 bridgehead atoms. The van der Waals surface area contributed by atoms with Gasteiger partial charge in [0.05, 0.1) is 0 Å². The van der Waals surface area contributed by atoms with Crippen LogP contribution >= 0.6 is 11.8 Å². The molecule has 0 aliphatic carbocycles. The summed E-state index contributed by atoms with van der Waals surface area (Å²) in [5, 5.41) is 9.44. The zero-order chi connectivity index (χ0) is 6.41. The molecular formula is C4H3N2NaS2. The van der Waals surface area contributed by atoms with Gasteiger partial charge in [-0.1, -0.05) is 6.58 Å². The van der Waals surface area contributed by atoms with E-state index < -0.39 is 0 Å². The van der Waals surface area contributed by atoms with Crippen molar-refractivity contribution < 1.29 is 29.6 Å². The Morgan fingerprint density at radius 3 is 2.78 bits per heavy atom. The predicted octanol–water partition coefficient (Wildman–Crippen LogP) is -1.75. The van der Waals surface area contributed by atoms with Crippen LogP contribution in [0.3, 0.4) is 0 Å². The van der Waals surface area contributed by atoms with Crippen molar-refractivity contribution in [3.05, 3.63) is 12.0 Å². The van der Waals surface area contributed by atoms with E-state index in [0.717, 1.165) is 11.8 Å². The summed E-state index contributed by atoms with van der Waals surface area (Å²) in [4.78, 5) is 3.24. The fraction of sp³-hybridized carbons (Fsp3) is 0. The molecule has 0 saturated carbocycles. The van der Waals surface area contributed by atoms with Crippen molar-refractivity contribution in [2.24, 2.45) is 4.99 Å². The number of rotatable bonds is 1. The van der Waals surface area contributed by atoms with Crippen molar-refractivity contribution >= 4 is 28.8 Å². The first kappa shape index (κ1) is 12.2. The first-order valence-corrected chi connectivity index (χ1v) is 3.01. The molecule has 5 heteroatoms. The van der Waals surface area contributed by atoms with E-state index in [1.54, 1.807) is 6.19 Å². The van der Waals surface area contributed by atoms with Gasteiger partial charge in [0.25, 0.3) is 0 Å². The van der Waals surface area contributed by atoms with Crippen LogP contribution in [0.5, 0.6) is 0 Å². The van der Waals surface area contributed by atoms with Gasteiger partial charge in [0.1, 0.15) is 0 Å². The largest absolute Gasteiger partial charge is 1.00 e. The molecule has 0 spiro atoms. The van der Waals surface area contributed by atoms with Gasteiger partial charge >= 0.3 is 29.6 Å². The number of hydrogen-bond acceptors (Lipinski definition) is 4. The molecule has 0 heterocycles. The summed E-state index contributed by atoms with van der Waals surface area (Å²) in [6.45, 7) is 3.39. The van der Waals surface area contributed by atoms with Crippen LogP contribution in [0.25, 0.3) is 0 Å². The average Bonchev–Trinajstić information content (AvgIpc) is 1.68. The van der Waals surface area contributed by atoms with E-state index in [-0.39, 0.29) is 29.6 Å². The molecule has 0 N–H and O–H groups in total. The van der Waals surface area contributed by atoms with Crippen LogP contribution in [0.1, 0.15) is 0 Å². The summed E-state index contributed by atoms with van der Waals surface area (Å²) >= 11 is 5.72. The van der Waals surface area contributed by atoms with Crippen molar-refractivity contribution in [3.63, 3.8) is 0 Å². The Morgan fingerprint density at radius 2 is 2.44 bits per heavy atom. The topological polar surface area (TPSA) is 36.1 Å². The van der Waals surface area contributed by atoms with Gasteiger partial charge < -0.3 is 12.6 Å². The molecule has 0 aromatic rings. The van der Waals surface area contributed by atoms with Gasteiger partial charge in [-0.25, -0.2) is 0 Å². The van der Waals surface area contributed by atoms with E-state index in [0.29, 0.717) is 4.38 Å². The molecule has 0 aromatic heterocycles. The van der Waals surface area contributed by atoms with E-state index in [1.165, 1.54) is 5.41 Å². The average molecular weight is 166 g/mol. The summed E-state index contributed by atoms with van der Waals surface area (Å²) in [6.07, 6.45) is 1.57. The van der Waals surface area contributed by atoms with Crippen molar-refractivity contribution in [1.29, 1.82) is 5.26 Å². The molecule has 0 aliphatic rings. The Hall–Kier alpha value is 0.470. The molecular weight excluding hydrogens is 163 g/mol. The minimum absolute atomic E-state index is 0. The van der Waals surface area contributed by atoms with Gasteiger partial charge in [0.2, 0.25) is 6.19 Å². The van der Waals surface area contributed by atoms with Crippen LogP contribution < -0.4 is 29.6 Å². The van der Waals surface area contributed by atoms with Gasteiger partial charge in [0, 0.05) is 0 Å². The summed E-state index contributed by atoms with van der Waals surface area (Å²) in [5.41, 5.74) is 0. The van der Waals surface area contributed by atoms with Gasteiger partial charge in [-0.05, 0) is 9.78 Å². The minimum Gasteiger partial charge on any atom is -0.752 e. The molecule has 42 valence electrons. The fourth-order valence-corrected chi connectivity index (χ4v) is 0.620.